The van der Waals surface area contributed by atoms with Crippen molar-refractivity contribution in [1.82, 2.24) is 15.5 Å². The molecule has 2 rings (SSSR count). The molecule has 2 N–H and O–H groups in total. The number of aliphatic hydroxyl groups is 1. The van der Waals surface area contributed by atoms with Crippen molar-refractivity contribution >= 4 is 0 Å². The summed E-state index contributed by atoms with van der Waals surface area (Å²) < 4.78 is 5.25. The average molecular weight is 225 g/mol. The molecule has 1 aromatic heterocycles. The Kier molecular flexibility index (Phi) is 3.90. The molecule has 1 aliphatic rings. The van der Waals surface area contributed by atoms with E-state index in [1.165, 1.54) is 6.42 Å². The van der Waals surface area contributed by atoms with E-state index in [-0.39, 0.29) is 6.10 Å². The van der Waals surface area contributed by atoms with E-state index in [9.17, 15) is 5.11 Å². The van der Waals surface area contributed by atoms with Crippen molar-refractivity contribution in [2.75, 3.05) is 6.54 Å². The van der Waals surface area contributed by atoms with Crippen LogP contribution in [0.2, 0.25) is 0 Å². The van der Waals surface area contributed by atoms with Crippen LogP contribution in [0.25, 0.3) is 0 Å². The van der Waals surface area contributed by atoms with Crippen molar-refractivity contribution < 1.29 is 9.52 Å². The molecule has 0 amide bonds. The zero-order chi connectivity index (χ0) is 11.4. The van der Waals surface area contributed by atoms with Gasteiger partial charge in [0.05, 0.1) is 12.6 Å². The first-order valence-corrected chi connectivity index (χ1v) is 5.93. The summed E-state index contributed by atoms with van der Waals surface area (Å²) in [7, 11) is 0. The van der Waals surface area contributed by atoms with Gasteiger partial charge in [-0.25, -0.2) is 0 Å². The molecule has 16 heavy (non-hydrogen) atoms. The van der Waals surface area contributed by atoms with E-state index < -0.39 is 0 Å². The van der Waals surface area contributed by atoms with Gasteiger partial charge in [-0.05, 0) is 18.8 Å². The second kappa shape index (κ2) is 5.41. The summed E-state index contributed by atoms with van der Waals surface area (Å²) in [6.07, 6.45) is 4.28. The fourth-order valence-corrected chi connectivity index (χ4v) is 2.20. The molecule has 0 radical (unpaired) electrons. The SMILES string of the molecule is Cc1nnc(CNCC2CCCCC2O)o1. The van der Waals surface area contributed by atoms with Gasteiger partial charge in [-0.1, -0.05) is 12.8 Å². The molecule has 0 aromatic carbocycles. The van der Waals surface area contributed by atoms with E-state index in [4.69, 9.17) is 4.42 Å². The third kappa shape index (κ3) is 3.02. The van der Waals surface area contributed by atoms with Gasteiger partial charge in [0.25, 0.3) is 0 Å². The van der Waals surface area contributed by atoms with Crippen LogP contribution >= 0.6 is 0 Å². The Morgan fingerprint density at radius 2 is 2.19 bits per heavy atom. The van der Waals surface area contributed by atoms with E-state index in [1.807, 2.05) is 0 Å². The molecular weight excluding hydrogens is 206 g/mol. The number of hydrogen-bond acceptors (Lipinski definition) is 5. The van der Waals surface area contributed by atoms with Crippen LogP contribution in [-0.4, -0.2) is 28.0 Å². The minimum atomic E-state index is -0.148. The number of hydrogen-bond donors (Lipinski definition) is 2. The van der Waals surface area contributed by atoms with E-state index in [0.29, 0.717) is 24.2 Å². The normalized spacial score (nSPS) is 25.9. The maximum Gasteiger partial charge on any atom is 0.230 e. The fourth-order valence-electron chi connectivity index (χ4n) is 2.20. The molecule has 1 fully saturated rings. The first-order chi connectivity index (χ1) is 7.75. The highest BCUT2D eigenvalue weighted by molar-refractivity contribution is 4.80. The molecule has 0 spiro atoms. The predicted molar refractivity (Wildman–Crippen MR) is 58.7 cm³/mol. The lowest BCUT2D eigenvalue weighted by molar-refractivity contribution is 0.0692. The van der Waals surface area contributed by atoms with Gasteiger partial charge in [-0.2, -0.15) is 0 Å². The molecule has 0 saturated heterocycles. The zero-order valence-electron chi connectivity index (χ0n) is 9.65. The minimum absolute atomic E-state index is 0.148. The summed E-state index contributed by atoms with van der Waals surface area (Å²) in [5, 5.41) is 20.7. The number of nitrogens with zero attached hydrogens (tertiary/aromatic N) is 2. The maximum absolute atomic E-state index is 9.78. The van der Waals surface area contributed by atoms with Crippen molar-refractivity contribution in [2.45, 2.75) is 45.3 Å². The first kappa shape index (κ1) is 11.5. The van der Waals surface area contributed by atoms with Gasteiger partial charge in [0.15, 0.2) is 0 Å². The van der Waals surface area contributed by atoms with Gasteiger partial charge in [0.1, 0.15) is 0 Å². The smallest absolute Gasteiger partial charge is 0.230 e. The molecule has 1 aliphatic carbocycles. The van der Waals surface area contributed by atoms with Crippen molar-refractivity contribution in [3.63, 3.8) is 0 Å². The second-order valence-corrected chi connectivity index (χ2v) is 4.46. The van der Waals surface area contributed by atoms with Crippen molar-refractivity contribution in [3.05, 3.63) is 11.8 Å². The van der Waals surface area contributed by atoms with Crippen LogP contribution < -0.4 is 5.32 Å². The summed E-state index contributed by atoms with van der Waals surface area (Å²) in [6.45, 7) is 3.19. The Bertz CT molecular complexity index is 327. The number of rotatable bonds is 4. The number of aliphatic hydroxyl groups excluding tert-OH is 1. The molecule has 0 aliphatic heterocycles. The maximum atomic E-state index is 9.78. The van der Waals surface area contributed by atoms with Gasteiger partial charge >= 0.3 is 0 Å². The highest BCUT2D eigenvalue weighted by Crippen LogP contribution is 2.23. The van der Waals surface area contributed by atoms with Gasteiger partial charge < -0.3 is 14.8 Å². The van der Waals surface area contributed by atoms with Crippen LogP contribution in [0, 0.1) is 12.8 Å². The van der Waals surface area contributed by atoms with Crippen LogP contribution in [0.1, 0.15) is 37.5 Å². The second-order valence-electron chi connectivity index (χ2n) is 4.46. The first-order valence-electron chi connectivity index (χ1n) is 5.93. The Labute approximate surface area is 95.3 Å². The molecule has 1 saturated carbocycles. The summed E-state index contributed by atoms with van der Waals surface area (Å²) in [4.78, 5) is 0. The third-order valence-electron chi connectivity index (χ3n) is 3.12. The fraction of sp³-hybridized carbons (Fsp3) is 0.818. The Morgan fingerprint density at radius 3 is 2.88 bits per heavy atom. The molecule has 1 aromatic rings. The molecule has 2 unspecified atom stereocenters. The molecule has 5 heteroatoms. The quantitative estimate of drug-likeness (QED) is 0.800. The standard InChI is InChI=1S/C11H19N3O2/c1-8-13-14-11(16-8)7-12-6-9-4-2-3-5-10(9)15/h9-10,12,15H,2-7H2,1H3. The average Bonchev–Trinajstić information content (AvgIpc) is 2.67. The van der Waals surface area contributed by atoms with Crippen LogP contribution in [0.3, 0.4) is 0 Å². The Hall–Kier alpha value is -0.940. The van der Waals surface area contributed by atoms with Crippen molar-refractivity contribution in [1.29, 1.82) is 0 Å². The number of aryl methyl sites for hydroxylation is 1. The molecule has 90 valence electrons. The number of aromatic nitrogens is 2. The highest BCUT2D eigenvalue weighted by Gasteiger charge is 2.22. The van der Waals surface area contributed by atoms with Gasteiger partial charge in [0.2, 0.25) is 11.8 Å². The largest absolute Gasteiger partial charge is 0.424 e. The molecule has 5 nitrogen and oxygen atoms in total. The summed E-state index contributed by atoms with van der Waals surface area (Å²) in [5.74, 6) is 1.58. The topological polar surface area (TPSA) is 71.2 Å². The summed E-state index contributed by atoms with van der Waals surface area (Å²) >= 11 is 0. The van der Waals surface area contributed by atoms with E-state index in [1.54, 1.807) is 6.92 Å². The van der Waals surface area contributed by atoms with E-state index >= 15 is 0 Å². The third-order valence-corrected chi connectivity index (χ3v) is 3.12. The van der Waals surface area contributed by atoms with Crippen LogP contribution in [-0.2, 0) is 6.54 Å². The predicted octanol–water partition coefficient (Wildman–Crippen LogP) is 1.02. The summed E-state index contributed by atoms with van der Waals surface area (Å²) in [6, 6.07) is 0. The van der Waals surface area contributed by atoms with Crippen molar-refractivity contribution in [3.8, 4) is 0 Å². The lowest BCUT2D eigenvalue weighted by Crippen LogP contribution is -2.33. The molecule has 0 bridgehead atoms. The number of nitrogens with one attached hydrogen (secondary N) is 1. The lowest BCUT2D eigenvalue weighted by atomic mass is 9.86. The molecule has 1 heterocycles. The van der Waals surface area contributed by atoms with Crippen LogP contribution in [0.5, 0.6) is 0 Å². The van der Waals surface area contributed by atoms with Gasteiger partial charge in [-0.3, -0.25) is 0 Å². The van der Waals surface area contributed by atoms with E-state index in [0.717, 1.165) is 25.8 Å². The molecule has 2 atom stereocenters. The highest BCUT2D eigenvalue weighted by atomic mass is 16.4. The van der Waals surface area contributed by atoms with Crippen molar-refractivity contribution in [2.24, 2.45) is 5.92 Å². The Morgan fingerprint density at radius 1 is 1.38 bits per heavy atom. The Balaban J connectivity index is 1.71. The minimum Gasteiger partial charge on any atom is -0.424 e. The van der Waals surface area contributed by atoms with Crippen LogP contribution in [0.4, 0.5) is 0 Å². The lowest BCUT2D eigenvalue weighted by Gasteiger charge is -2.27. The monoisotopic (exact) mass is 225 g/mol. The summed E-state index contributed by atoms with van der Waals surface area (Å²) in [5.41, 5.74) is 0. The van der Waals surface area contributed by atoms with Crippen LogP contribution in [0.15, 0.2) is 4.42 Å². The van der Waals surface area contributed by atoms with Gasteiger partial charge in [-0.15, -0.1) is 10.2 Å². The van der Waals surface area contributed by atoms with Gasteiger partial charge in [0, 0.05) is 13.5 Å². The van der Waals surface area contributed by atoms with E-state index in [2.05, 4.69) is 15.5 Å². The zero-order valence-corrected chi connectivity index (χ0v) is 9.65. The molecular formula is C11H19N3O2.